The number of hydrogen-bond acceptors (Lipinski definition) is 14. The quantitative estimate of drug-likeness (QED) is 0.0371. The molecule has 20 heteroatoms. The van der Waals surface area contributed by atoms with Crippen molar-refractivity contribution in [3.63, 3.8) is 0 Å². The first-order valence-electron chi connectivity index (χ1n) is 26.7. The Bertz CT molecular complexity index is 3220. The lowest BCUT2D eigenvalue weighted by Crippen LogP contribution is -2.56. The highest BCUT2D eigenvalue weighted by Crippen LogP contribution is 2.43. The highest BCUT2D eigenvalue weighted by Gasteiger charge is 2.50. The molecular weight excluding hydrogens is 1010 g/mol. The number of fused-ring (bicyclic) bond motifs is 4. The summed E-state index contributed by atoms with van der Waals surface area (Å²) in [4.78, 5) is 105. The van der Waals surface area contributed by atoms with Gasteiger partial charge in [-0.25, -0.2) is 0 Å². The minimum Gasteiger partial charge on any atom is -0.508 e. The van der Waals surface area contributed by atoms with Crippen LogP contribution in [0.2, 0.25) is 0 Å². The molecule has 7 amide bonds. The van der Waals surface area contributed by atoms with Crippen LogP contribution in [0.1, 0.15) is 103 Å². The summed E-state index contributed by atoms with van der Waals surface area (Å²) >= 11 is 0. The SMILES string of the molecule is COc1cc2c(cc1OCCCOc1cc3c(cc1OC)C(=O)N1C=C(c4ccc(NC(=O)CNC(=O)C5(C(=O)NCCCCCN6C(=O)CC(C)C6=O)CCC5)cc4)CC1C=N3)N=CC1CC(c3ccc(O)cc3)=CN1C2=O. The number of ether oxygens (including phenoxy) is 4. The number of aromatic hydroxyl groups is 1. The van der Waals surface area contributed by atoms with Gasteiger partial charge in [0.2, 0.25) is 29.5 Å². The molecule has 1 saturated heterocycles. The monoisotopic (exact) mass is 1070 g/mol. The van der Waals surface area contributed by atoms with Crippen molar-refractivity contribution in [3.05, 3.63) is 107 Å². The number of phenolic OH excluding ortho intramolecular Hbond substituents is 1. The van der Waals surface area contributed by atoms with Crippen molar-refractivity contribution in [3.8, 4) is 28.7 Å². The van der Waals surface area contributed by atoms with E-state index >= 15 is 0 Å². The maximum Gasteiger partial charge on any atom is 0.260 e. The van der Waals surface area contributed by atoms with E-state index in [0.717, 1.165) is 28.7 Å². The Morgan fingerprint density at radius 1 is 0.671 bits per heavy atom. The largest absolute Gasteiger partial charge is 0.508 e. The molecule has 1 aliphatic carbocycles. The maximum absolute atomic E-state index is 14.1. The van der Waals surface area contributed by atoms with Gasteiger partial charge in [-0.3, -0.25) is 48.4 Å². The van der Waals surface area contributed by atoms with Gasteiger partial charge in [0.15, 0.2) is 23.0 Å². The standard InChI is InChI=1S/C59H62N8O12/c1-35-23-53(70)65(54(35)71)20-6-4-5-19-60-57(74)59(17-7-18-59)58(75)63-32-52(69)64-40-13-9-36(10-14-40)38-24-41-30-61-46-28-50(48(76-2)26-44(46)55(72)66(41)33-38)78-21-8-22-79-51-29-47-45(27-49(51)77-3)56(73)67-34-39(25-42(67)31-62-47)37-11-15-43(68)16-12-37/h9-16,26-31,33-35,41-42,68H,4-8,17-25,32H2,1-3H3,(H,60,74)(H,63,75)(H,64,69). The number of imide groups is 1. The van der Waals surface area contributed by atoms with Gasteiger partial charge in [-0.15, -0.1) is 0 Å². The smallest absolute Gasteiger partial charge is 0.260 e. The summed E-state index contributed by atoms with van der Waals surface area (Å²) in [7, 11) is 3.01. The van der Waals surface area contributed by atoms with Gasteiger partial charge >= 0.3 is 0 Å². The predicted molar refractivity (Wildman–Crippen MR) is 293 cm³/mol. The number of nitrogens with one attached hydrogen (secondary N) is 3. The molecule has 3 unspecified atom stereocenters. The Morgan fingerprint density at radius 3 is 1.72 bits per heavy atom. The third kappa shape index (κ3) is 11.2. The lowest BCUT2D eigenvalue weighted by molar-refractivity contribution is -0.150. The first kappa shape index (κ1) is 53.6. The average Bonchev–Trinajstić information content (AvgIpc) is 4.09. The molecule has 410 valence electrons. The van der Waals surface area contributed by atoms with Crippen molar-refractivity contribution >= 4 is 82.0 Å². The van der Waals surface area contributed by atoms with Gasteiger partial charge in [0.05, 0.1) is 68.6 Å². The van der Waals surface area contributed by atoms with Crippen LogP contribution in [0.5, 0.6) is 28.7 Å². The number of methoxy groups -OCH3 is 2. The molecule has 0 radical (unpaired) electrons. The minimum atomic E-state index is -1.23. The number of anilines is 1. The van der Waals surface area contributed by atoms with E-state index in [-0.39, 0.29) is 79.5 Å². The molecule has 5 heterocycles. The zero-order chi connectivity index (χ0) is 55.4. The number of rotatable bonds is 21. The first-order chi connectivity index (χ1) is 38.2. The molecule has 5 aliphatic heterocycles. The van der Waals surface area contributed by atoms with Gasteiger partial charge < -0.3 is 49.8 Å². The molecule has 79 heavy (non-hydrogen) atoms. The van der Waals surface area contributed by atoms with Gasteiger partial charge in [-0.05, 0) is 90.8 Å². The number of hydrogen-bond donors (Lipinski definition) is 4. The van der Waals surface area contributed by atoms with Crippen LogP contribution < -0.4 is 34.9 Å². The molecule has 0 spiro atoms. The number of amides is 7. The second-order valence-corrected chi connectivity index (χ2v) is 20.5. The maximum atomic E-state index is 14.1. The molecular formula is C59H62N8O12. The van der Waals surface area contributed by atoms with Gasteiger partial charge in [-0.2, -0.15) is 0 Å². The van der Waals surface area contributed by atoms with Crippen LogP contribution in [0.3, 0.4) is 0 Å². The highest BCUT2D eigenvalue weighted by atomic mass is 16.5. The van der Waals surface area contributed by atoms with Crippen LogP contribution in [0.25, 0.3) is 11.1 Å². The van der Waals surface area contributed by atoms with E-state index < -0.39 is 17.2 Å². The molecule has 0 aromatic heterocycles. The molecule has 4 N–H and O–H groups in total. The third-order valence-corrected chi connectivity index (χ3v) is 15.3. The zero-order valence-electron chi connectivity index (χ0n) is 44.3. The third-order valence-electron chi connectivity index (χ3n) is 15.3. The second kappa shape index (κ2) is 23.0. The number of nitrogens with zero attached hydrogens (tertiary/aromatic N) is 5. The molecule has 6 aliphatic rings. The minimum absolute atomic E-state index is 0.137. The molecule has 20 nitrogen and oxygen atoms in total. The Morgan fingerprint density at radius 2 is 1.22 bits per heavy atom. The highest BCUT2D eigenvalue weighted by molar-refractivity contribution is 6.08. The summed E-state index contributed by atoms with van der Waals surface area (Å²) in [6, 6.07) is 20.1. The van der Waals surface area contributed by atoms with Crippen LogP contribution in [-0.2, 0) is 24.0 Å². The summed E-state index contributed by atoms with van der Waals surface area (Å²) < 4.78 is 23.6. The van der Waals surface area contributed by atoms with Crippen LogP contribution in [-0.4, -0.2) is 133 Å². The van der Waals surface area contributed by atoms with Crippen molar-refractivity contribution in [2.24, 2.45) is 21.3 Å². The normalized spacial score (nSPS) is 19.5. The molecule has 10 rings (SSSR count). The molecule has 1 saturated carbocycles. The zero-order valence-corrected chi connectivity index (χ0v) is 44.3. The van der Waals surface area contributed by atoms with Crippen LogP contribution >= 0.6 is 0 Å². The number of unbranched alkanes of at least 4 members (excludes halogenated alkanes) is 2. The van der Waals surface area contributed by atoms with Crippen molar-refractivity contribution in [1.82, 2.24) is 25.3 Å². The van der Waals surface area contributed by atoms with E-state index in [1.165, 1.54) is 19.1 Å². The number of carbonyl (C=O) groups excluding carboxylic acids is 7. The van der Waals surface area contributed by atoms with Gasteiger partial charge in [0.1, 0.15) is 11.2 Å². The predicted octanol–water partition coefficient (Wildman–Crippen LogP) is 7.11. The molecule has 4 aromatic rings. The van der Waals surface area contributed by atoms with Crippen LogP contribution in [0.15, 0.2) is 95.2 Å². The number of aliphatic imine (C=N–C) groups is 2. The molecule has 3 atom stereocenters. The van der Waals surface area contributed by atoms with Crippen LogP contribution in [0, 0.1) is 11.3 Å². The number of phenols is 1. The molecule has 4 aromatic carbocycles. The Kier molecular flexibility index (Phi) is 15.6. The number of benzene rings is 4. The molecule has 2 fully saturated rings. The fourth-order valence-corrected chi connectivity index (χ4v) is 10.7. The van der Waals surface area contributed by atoms with E-state index in [0.29, 0.717) is 116 Å². The lowest BCUT2D eigenvalue weighted by atomic mass is 9.67. The lowest BCUT2D eigenvalue weighted by Gasteiger charge is -2.38. The summed E-state index contributed by atoms with van der Waals surface area (Å²) in [5.41, 5.74) is 4.54. The van der Waals surface area contributed by atoms with E-state index in [9.17, 15) is 38.7 Å². The van der Waals surface area contributed by atoms with Gasteiger partial charge in [-0.1, -0.05) is 37.6 Å². The molecule has 0 bridgehead atoms. The summed E-state index contributed by atoms with van der Waals surface area (Å²) in [6.07, 6.45) is 12.4. The Balaban J connectivity index is 0.678. The Labute approximate surface area is 456 Å². The van der Waals surface area contributed by atoms with E-state index in [2.05, 4.69) is 20.9 Å². The first-order valence-corrected chi connectivity index (χ1v) is 26.7. The van der Waals surface area contributed by atoms with Crippen LogP contribution in [0.4, 0.5) is 17.1 Å². The fraction of sp³-hybridized carbons (Fsp3) is 0.373. The Hall–Kier alpha value is -8.81. The van der Waals surface area contributed by atoms with Gasteiger partial charge in [0, 0.05) is 87.3 Å². The summed E-state index contributed by atoms with van der Waals surface area (Å²) in [6.45, 7) is 2.64. The van der Waals surface area contributed by atoms with E-state index in [4.69, 9.17) is 23.9 Å². The van der Waals surface area contributed by atoms with Crippen molar-refractivity contribution in [2.45, 2.75) is 83.2 Å². The van der Waals surface area contributed by atoms with E-state index in [1.807, 2.05) is 36.7 Å². The van der Waals surface area contributed by atoms with Crippen molar-refractivity contribution in [1.29, 1.82) is 0 Å². The van der Waals surface area contributed by atoms with E-state index in [1.54, 1.807) is 77.7 Å². The number of likely N-dealkylation sites (tertiary alicyclic amines) is 1. The topological polar surface area (TPSA) is 247 Å². The second-order valence-electron chi connectivity index (χ2n) is 20.5. The fourth-order valence-electron chi connectivity index (χ4n) is 10.7. The van der Waals surface area contributed by atoms with Gasteiger partial charge in [0.25, 0.3) is 11.8 Å². The average molecular weight is 1080 g/mol. The number of carbonyl (C=O) groups is 7. The summed E-state index contributed by atoms with van der Waals surface area (Å²) in [5.74, 6) is -0.589. The summed E-state index contributed by atoms with van der Waals surface area (Å²) in [5, 5.41) is 18.0. The van der Waals surface area contributed by atoms with Crippen molar-refractivity contribution in [2.75, 3.05) is 52.4 Å². The van der Waals surface area contributed by atoms with Crippen molar-refractivity contribution < 1.29 is 57.6 Å².